The van der Waals surface area contributed by atoms with Crippen molar-refractivity contribution in [2.24, 2.45) is 0 Å². The second kappa shape index (κ2) is 5.54. The minimum Gasteiger partial charge on any atom is -0.368 e. The molecule has 1 unspecified atom stereocenters. The van der Waals surface area contributed by atoms with Gasteiger partial charge >= 0.3 is 0 Å². The molecule has 0 aromatic rings. The van der Waals surface area contributed by atoms with E-state index in [4.69, 9.17) is 4.74 Å². The van der Waals surface area contributed by atoms with E-state index in [2.05, 4.69) is 5.32 Å². The maximum absolute atomic E-state index is 11.8. The Morgan fingerprint density at radius 3 is 2.44 bits per heavy atom. The van der Waals surface area contributed by atoms with E-state index in [0.717, 1.165) is 12.8 Å². The van der Waals surface area contributed by atoms with E-state index in [0.29, 0.717) is 32.5 Å². The van der Waals surface area contributed by atoms with Gasteiger partial charge in [0.25, 0.3) is 0 Å². The van der Waals surface area contributed by atoms with Gasteiger partial charge in [-0.3, -0.25) is 4.79 Å². The topological polar surface area (TPSA) is 75.7 Å². The minimum atomic E-state index is -3.10. The van der Waals surface area contributed by atoms with Crippen molar-refractivity contribution in [3.8, 4) is 0 Å². The van der Waals surface area contributed by atoms with E-state index in [9.17, 15) is 13.2 Å². The van der Waals surface area contributed by atoms with Crippen LogP contribution >= 0.6 is 0 Å². The van der Waals surface area contributed by atoms with Crippen LogP contribution in [0.25, 0.3) is 0 Å². The van der Waals surface area contributed by atoms with E-state index in [1.54, 1.807) is 0 Å². The highest BCUT2D eigenvalue weighted by Crippen LogP contribution is 2.16. The van der Waals surface area contributed by atoms with E-state index < -0.39 is 10.0 Å². The van der Waals surface area contributed by atoms with Crippen LogP contribution in [0.4, 0.5) is 0 Å². The van der Waals surface area contributed by atoms with Gasteiger partial charge in [-0.05, 0) is 25.7 Å². The lowest BCUT2D eigenvalue weighted by Gasteiger charge is -2.31. The largest absolute Gasteiger partial charge is 0.368 e. The van der Waals surface area contributed by atoms with Crippen LogP contribution in [0.5, 0.6) is 0 Å². The van der Waals surface area contributed by atoms with Gasteiger partial charge in [-0.1, -0.05) is 0 Å². The van der Waals surface area contributed by atoms with Gasteiger partial charge in [0, 0.05) is 25.7 Å². The molecule has 0 bridgehead atoms. The standard InChI is InChI=1S/C11H20N2O4S/c1-18(15,16)13-6-4-9(5-7-13)12-11(14)10-3-2-8-17-10/h9-10H,2-8H2,1H3,(H,12,14). The summed E-state index contributed by atoms with van der Waals surface area (Å²) in [6.45, 7) is 1.62. The van der Waals surface area contributed by atoms with E-state index >= 15 is 0 Å². The summed E-state index contributed by atoms with van der Waals surface area (Å²) in [6.07, 6.45) is 3.98. The van der Waals surface area contributed by atoms with Gasteiger partial charge in [0.2, 0.25) is 15.9 Å². The molecule has 2 heterocycles. The number of nitrogens with zero attached hydrogens (tertiary/aromatic N) is 1. The molecule has 1 atom stereocenters. The molecule has 2 saturated heterocycles. The zero-order valence-corrected chi connectivity index (χ0v) is 11.4. The third-order valence-electron chi connectivity index (χ3n) is 3.49. The van der Waals surface area contributed by atoms with Crippen LogP contribution in [0.15, 0.2) is 0 Å². The number of ether oxygens (including phenoxy) is 1. The SMILES string of the molecule is CS(=O)(=O)N1CCC(NC(=O)C2CCCO2)CC1. The molecule has 0 aromatic carbocycles. The monoisotopic (exact) mass is 276 g/mol. The van der Waals surface area contributed by atoms with Gasteiger partial charge in [0.1, 0.15) is 6.10 Å². The molecule has 0 saturated carbocycles. The summed E-state index contributed by atoms with van der Waals surface area (Å²) in [5.74, 6) is -0.0506. The first-order valence-corrected chi connectivity index (χ1v) is 8.19. The molecule has 6 nitrogen and oxygen atoms in total. The fraction of sp³-hybridized carbons (Fsp3) is 0.909. The summed E-state index contributed by atoms with van der Waals surface area (Å²) in [6, 6.07) is 0.0692. The predicted molar refractivity (Wildman–Crippen MR) is 66.6 cm³/mol. The molecule has 0 aliphatic carbocycles. The molecule has 18 heavy (non-hydrogen) atoms. The molecule has 1 amide bonds. The summed E-state index contributed by atoms with van der Waals surface area (Å²) in [7, 11) is -3.10. The van der Waals surface area contributed by atoms with E-state index in [1.165, 1.54) is 10.6 Å². The first-order valence-electron chi connectivity index (χ1n) is 6.34. The van der Waals surface area contributed by atoms with Gasteiger partial charge in [0.05, 0.1) is 6.26 Å². The van der Waals surface area contributed by atoms with Crippen molar-refractivity contribution in [1.29, 1.82) is 0 Å². The molecule has 104 valence electrons. The van der Waals surface area contributed by atoms with Crippen molar-refractivity contribution >= 4 is 15.9 Å². The zero-order valence-electron chi connectivity index (χ0n) is 10.6. The molecule has 2 aliphatic rings. The number of rotatable bonds is 3. The Hall–Kier alpha value is -0.660. The fourth-order valence-electron chi connectivity index (χ4n) is 2.41. The molecule has 2 aliphatic heterocycles. The van der Waals surface area contributed by atoms with Gasteiger partial charge in [0.15, 0.2) is 0 Å². The Labute approximate surface area is 108 Å². The number of hydrogen-bond acceptors (Lipinski definition) is 4. The van der Waals surface area contributed by atoms with Gasteiger partial charge < -0.3 is 10.1 Å². The lowest BCUT2D eigenvalue weighted by atomic mass is 10.1. The fourth-order valence-corrected chi connectivity index (χ4v) is 3.28. The molecule has 0 radical (unpaired) electrons. The number of sulfonamides is 1. The van der Waals surface area contributed by atoms with Crippen molar-refractivity contribution < 1.29 is 17.9 Å². The molecule has 2 fully saturated rings. The number of carbonyl (C=O) groups excluding carboxylic acids is 1. The average molecular weight is 276 g/mol. The summed E-state index contributed by atoms with van der Waals surface area (Å²) in [4.78, 5) is 11.8. The molecule has 2 rings (SSSR count). The number of piperidine rings is 1. The highest BCUT2D eigenvalue weighted by molar-refractivity contribution is 7.88. The second-order valence-electron chi connectivity index (χ2n) is 4.95. The van der Waals surface area contributed by atoms with Crippen LogP contribution in [0, 0.1) is 0 Å². The molecule has 0 aromatic heterocycles. The quantitative estimate of drug-likeness (QED) is 0.768. The van der Waals surface area contributed by atoms with Gasteiger partial charge in [-0.2, -0.15) is 0 Å². The van der Waals surface area contributed by atoms with Crippen molar-refractivity contribution in [1.82, 2.24) is 9.62 Å². The second-order valence-corrected chi connectivity index (χ2v) is 6.93. The van der Waals surface area contributed by atoms with Crippen LogP contribution < -0.4 is 5.32 Å². The molecule has 7 heteroatoms. The smallest absolute Gasteiger partial charge is 0.249 e. The number of nitrogens with one attached hydrogen (secondary N) is 1. The van der Waals surface area contributed by atoms with Crippen LogP contribution in [-0.2, 0) is 19.6 Å². The summed E-state index contributed by atoms with van der Waals surface area (Å²) >= 11 is 0. The maximum atomic E-state index is 11.8. The number of hydrogen-bond donors (Lipinski definition) is 1. The molecular formula is C11H20N2O4S. The molecule has 0 spiro atoms. The van der Waals surface area contributed by atoms with Crippen molar-refractivity contribution in [2.75, 3.05) is 26.0 Å². The Morgan fingerprint density at radius 2 is 1.94 bits per heavy atom. The Bertz CT molecular complexity index is 395. The van der Waals surface area contributed by atoms with Crippen LogP contribution in [-0.4, -0.2) is 56.7 Å². The number of carbonyl (C=O) groups is 1. The summed E-state index contributed by atoms with van der Waals surface area (Å²) in [5.41, 5.74) is 0. The zero-order chi connectivity index (χ0) is 13.2. The third-order valence-corrected chi connectivity index (χ3v) is 4.79. The highest BCUT2D eigenvalue weighted by atomic mass is 32.2. The average Bonchev–Trinajstić information content (AvgIpc) is 2.82. The molecular weight excluding hydrogens is 256 g/mol. The van der Waals surface area contributed by atoms with Crippen molar-refractivity contribution in [3.63, 3.8) is 0 Å². The normalized spacial score (nSPS) is 27.3. The minimum absolute atomic E-state index is 0.0506. The Balaban J connectivity index is 1.78. The summed E-state index contributed by atoms with van der Waals surface area (Å²) < 4.78 is 29.5. The first kappa shape index (κ1) is 13.8. The first-order chi connectivity index (χ1) is 8.47. The van der Waals surface area contributed by atoms with Gasteiger partial charge in [-0.25, -0.2) is 12.7 Å². The lowest BCUT2D eigenvalue weighted by molar-refractivity contribution is -0.131. The van der Waals surface area contributed by atoms with Gasteiger partial charge in [-0.15, -0.1) is 0 Å². The van der Waals surface area contributed by atoms with Crippen molar-refractivity contribution in [2.45, 2.75) is 37.8 Å². The van der Waals surface area contributed by atoms with Crippen molar-refractivity contribution in [3.05, 3.63) is 0 Å². The maximum Gasteiger partial charge on any atom is 0.249 e. The highest BCUT2D eigenvalue weighted by Gasteiger charge is 2.29. The third kappa shape index (κ3) is 3.43. The lowest BCUT2D eigenvalue weighted by Crippen LogP contribution is -2.48. The molecule has 1 N–H and O–H groups in total. The van der Waals surface area contributed by atoms with Crippen LogP contribution in [0.3, 0.4) is 0 Å². The van der Waals surface area contributed by atoms with E-state index in [-0.39, 0.29) is 18.1 Å². The Morgan fingerprint density at radius 1 is 1.28 bits per heavy atom. The predicted octanol–water partition coefficient (Wildman–Crippen LogP) is -0.294. The number of amides is 1. The van der Waals surface area contributed by atoms with E-state index in [1.807, 2.05) is 0 Å². The van der Waals surface area contributed by atoms with Crippen LogP contribution in [0.2, 0.25) is 0 Å². The Kier molecular flexibility index (Phi) is 4.24. The van der Waals surface area contributed by atoms with Crippen LogP contribution in [0.1, 0.15) is 25.7 Å². The summed E-state index contributed by atoms with van der Waals surface area (Å²) in [5, 5.41) is 2.95.